The molecule has 1 aromatic carbocycles. The van der Waals surface area contributed by atoms with Crippen molar-refractivity contribution in [2.45, 2.75) is 30.3 Å². The van der Waals surface area contributed by atoms with E-state index in [4.69, 9.17) is 10.00 Å². The van der Waals surface area contributed by atoms with Crippen LogP contribution in [0.4, 0.5) is 5.95 Å². The molecule has 9 heteroatoms. The maximum absolute atomic E-state index is 12.6. The van der Waals surface area contributed by atoms with Gasteiger partial charge in [0, 0.05) is 26.7 Å². The number of ether oxygens (including phenoxy) is 1. The SMILES string of the molecule is C[C@@H](Sc1nnc(N2CCOCC2)n1Cc1ccccc1)C(=O)N(C)CCC#N. The second kappa shape index (κ2) is 10.3. The van der Waals surface area contributed by atoms with Crippen molar-refractivity contribution in [3.63, 3.8) is 0 Å². The van der Waals surface area contributed by atoms with Gasteiger partial charge in [0.2, 0.25) is 11.9 Å². The molecule has 1 aliphatic heterocycles. The maximum atomic E-state index is 12.6. The molecule has 1 amide bonds. The van der Waals surface area contributed by atoms with Crippen molar-refractivity contribution >= 4 is 23.6 Å². The minimum absolute atomic E-state index is 0.0209. The quantitative estimate of drug-likeness (QED) is 0.611. The van der Waals surface area contributed by atoms with Gasteiger partial charge in [-0.2, -0.15) is 5.26 Å². The zero-order chi connectivity index (χ0) is 20.6. The van der Waals surface area contributed by atoms with Gasteiger partial charge in [0.15, 0.2) is 5.16 Å². The lowest BCUT2D eigenvalue weighted by Gasteiger charge is -2.28. The van der Waals surface area contributed by atoms with Crippen LogP contribution in [-0.4, -0.2) is 70.7 Å². The van der Waals surface area contributed by atoms with Crippen LogP contribution in [-0.2, 0) is 16.1 Å². The van der Waals surface area contributed by atoms with Crippen LogP contribution < -0.4 is 4.90 Å². The standard InChI is InChI=1S/C20H26N6O2S/c1-16(18(27)24(2)10-6-9-21)29-20-23-22-19(25-11-13-28-14-12-25)26(20)15-17-7-4-3-5-8-17/h3-5,7-8,16H,6,10-15H2,1-2H3/t16-/m1/s1. The first kappa shape index (κ1) is 21.1. The number of nitriles is 1. The topological polar surface area (TPSA) is 87.3 Å². The Morgan fingerprint density at radius 1 is 1.31 bits per heavy atom. The highest BCUT2D eigenvalue weighted by atomic mass is 32.2. The Morgan fingerprint density at radius 3 is 2.72 bits per heavy atom. The molecule has 1 aliphatic rings. The summed E-state index contributed by atoms with van der Waals surface area (Å²) in [6, 6.07) is 12.2. The number of hydrogen-bond acceptors (Lipinski definition) is 7. The third-order valence-corrected chi connectivity index (χ3v) is 5.81. The van der Waals surface area contributed by atoms with E-state index in [9.17, 15) is 4.79 Å². The fraction of sp³-hybridized carbons (Fsp3) is 0.500. The van der Waals surface area contributed by atoms with Crippen molar-refractivity contribution in [2.75, 3.05) is 44.8 Å². The zero-order valence-corrected chi connectivity index (χ0v) is 17.6. The van der Waals surface area contributed by atoms with Crippen LogP contribution in [0.1, 0.15) is 18.9 Å². The molecule has 154 valence electrons. The molecule has 0 bridgehead atoms. The summed E-state index contributed by atoms with van der Waals surface area (Å²) in [5.74, 6) is 0.782. The predicted octanol–water partition coefficient (Wildman–Crippen LogP) is 2.02. The molecule has 0 spiro atoms. The number of rotatable bonds is 8. The molecule has 0 aliphatic carbocycles. The number of aromatic nitrogens is 3. The number of carbonyl (C=O) groups is 1. The molecule has 0 saturated carbocycles. The van der Waals surface area contributed by atoms with Crippen LogP contribution in [0.15, 0.2) is 35.5 Å². The summed E-state index contributed by atoms with van der Waals surface area (Å²) >= 11 is 1.40. The fourth-order valence-corrected chi connectivity index (χ4v) is 4.08. The number of amides is 1. The summed E-state index contributed by atoms with van der Waals surface area (Å²) in [7, 11) is 1.73. The van der Waals surface area contributed by atoms with Gasteiger partial charge < -0.3 is 14.5 Å². The van der Waals surface area contributed by atoms with Gasteiger partial charge in [-0.1, -0.05) is 42.1 Å². The second-order valence-electron chi connectivity index (χ2n) is 6.88. The van der Waals surface area contributed by atoms with Crippen molar-refractivity contribution in [2.24, 2.45) is 0 Å². The Morgan fingerprint density at radius 2 is 2.03 bits per heavy atom. The van der Waals surface area contributed by atoms with E-state index in [1.165, 1.54) is 11.8 Å². The van der Waals surface area contributed by atoms with E-state index in [1.54, 1.807) is 11.9 Å². The molecule has 0 unspecified atom stereocenters. The Kier molecular flexibility index (Phi) is 7.49. The highest BCUT2D eigenvalue weighted by Crippen LogP contribution is 2.28. The molecule has 1 aromatic heterocycles. The van der Waals surface area contributed by atoms with Gasteiger partial charge in [-0.3, -0.25) is 9.36 Å². The van der Waals surface area contributed by atoms with Crippen LogP contribution in [0.2, 0.25) is 0 Å². The van der Waals surface area contributed by atoms with Gasteiger partial charge in [-0.15, -0.1) is 10.2 Å². The minimum atomic E-state index is -0.324. The van der Waals surface area contributed by atoms with Crippen molar-refractivity contribution in [1.29, 1.82) is 5.26 Å². The zero-order valence-electron chi connectivity index (χ0n) is 16.8. The van der Waals surface area contributed by atoms with E-state index >= 15 is 0 Å². The molecule has 1 saturated heterocycles. The van der Waals surface area contributed by atoms with E-state index in [1.807, 2.05) is 25.1 Å². The largest absolute Gasteiger partial charge is 0.378 e. The van der Waals surface area contributed by atoms with Gasteiger partial charge in [-0.25, -0.2) is 0 Å². The third-order valence-electron chi connectivity index (χ3n) is 4.74. The Hall–Kier alpha value is -2.57. The van der Waals surface area contributed by atoms with Gasteiger partial charge in [0.05, 0.1) is 37.5 Å². The van der Waals surface area contributed by atoms with Crippen molar-refractivity contribution in [1.82, 2.24) is 19.7 Å². The predicted molar refractivity (Wildman–Crippen MR) is 112 cm³/mol. The lowest BCUT2D eigenvalue weighted by atomic mass is 10.2. The second-order valence-corrected chi connectivity index (χ2v) is 8.19. The smallest absolute Gasteiger partial charge is 0.235 e. The van der Waals surface area contributed by atoms with Crippen LogP contribution in [0.5, 0.6) is 0 Å². The van der Waals surface area contributed by atoms with Gasteiger partial charge in [0.25, 0.3) is 0 Å². The third kappa shape index (κ3) is 5.49. The molecule has 8 nitrogen and oxygen atoms in total. The molecule has 2 heterocycles. The summed E-state index contributed by atoms with van der Waals surface area (Å²) in [5.41, 5.74) is 1.15. The Labute approximate surface area is 175 Å². The monoisotopic (exact) mass is 414 g/mol. The molecular formula is C20H26N6O2S. The van der Waals surface area contributed by atoms with E-state index in [0.717, 1.165) is 24.6 Å². The Balaban J connectivity index is 1.81. The van der Waals surface area contributed by atoms with Crippen molar-refractivity contribution in [3.8, 4) is 6.07 Å². The summed E-state index contributed by atoms with van der Waals surface area (Å²) in [6.45, 7) is 5.79. The lowest BCUT2D eigenvalue weighted by molar-refractivity contribution is -0.128. The number of carbonyl (C=O) groups excluding carboxylic acids is 1. The van der Waals surface area contributed by atoms with E-state index in [-0.39, 0.29) is 11.2 Å². The van der Waals surface area contributed by atoms with Gasteiger partial charge in [-0.05, 0) is 12.5 Å². The van der Waals surface area contributed by atoms with E-state index in [2.05, 4.69) is 37.9 Å². The normalized spacial score (nSPS) is 15.0. The number of morpholine rings is 1. The average molecular weight is 415 g/mol. The number of thioether (sulfide) groups is 1. The fourth-order valence-electron chi connectivity index (χ4n) is 3.12. The van der Waals surface area contributed by atoms with Gasteiger partial charge >= 0.3 is 0 Å². The summed E-state index contributed by atoms with van der Waals surface area (Å²) in [6.07, 6.45) is 0.324. The molecule has 0 N–H and O–H groups in total. The molecule has 29 heavy (non-hydrogen) atoms. The summed E-state index contributed by atoms with van der Waals surface area (Å²) in [4.78, 5) is 16.4. The number of hydrogen-bond donors (Lipinski definition) is 0. The molecule has 1 fully saturated rings. The molecular weight excluding hydrogens is 388 g/mol. The van der Waals surface area contributed by atoms with Gasteiger partial charge in [0.1, 0.15) is 0 Å². The maximum Gasteiger partial charge on any atom is 0.235 e. The molecule has 0 radical (unpaired) electrons. The van der Waals surface area contributed by atoms with Crippen LogP contribution in [0.25, 0.3) is 0 Å². The molecule has 2 aromatic rings. The Bertz CT molecular complexity index is 844. The first-order chi connectivity index (χ1) is 14.1. The lowest BCUT2D eigenvalue weighted by Crippen LogP contribution is -2.38. The van der Waals surface area contributed by atoms with Crippen LogP contribution in [0, 0.1) is 11.3 Å². The first-order valence-corrected chi connectivity index (χ1v) is 10.6. The first-order valence-electron chi connectivity index (χ1n) is 9.68. The molecule has 1 atom stereocenters. The minimum Gasteiger partial charge on any atom is -0.378 e. The highest BCUT2D eigenvalue weighted by molar-refractivity contribution is 8.00. The molecule has 3 rings (SSSR count). The number of benzene rings is 1. The van der Waals surface area contributed by atoms with Crippen LogP contribution in [0.3, 0.4) is 0 Å². The number of anilines is 1. The van der Waals surface area contributed by atoms with E-state index < -0.39 is 0 Å². The van der Waals surface area contributed by atoms with Crippen molar-refractivity contribution in [3.05, 3.63) is 35.9 Å². The average Bonchev–Trinajstić information content (AvgIpc) is 3.14. The van der Waals surface area contributed by atoms with Crippen molar-refractivity contribution < 1.29 is 9.53 Å². The number of nitrogens with zero attached hydrogens (tertiary/aromatic N) is 6. The van der Waals surface area contributed by atoms with E-state index in [0.29, 0.717) is 37.9 Å². The van der Waals surface area contributed by atoms with Crippen LogP contribution >= 0.6 is 11.8 Å². The summed E-state index contributed by atoms with van der Waals surface area (Å²) < 4.78 is 7.54. The summed E-state index contributed by atoms with van der Waals surface area (Å²) in [5, 5.41) is 18.0. The highest BCUT2D eigenvalue weighted by Gasteiger charge is 2.25.